The average molecular weight is 323 g/mol. The Morgan fingerprint density at radius 2 is 2.08 bits per heavy atom. The van der Waals surface area contributed by atoms with Gasteiger partial charge >= 0.3 is 5.97 Å². The Morgan fingerprint density at radius 1 is 1.25 bits per heavy atom. The first kappa shape index (κ1) is 14.3. The summed E-state index contributed by atoms with van der Waals surface area (Å²) in [4.78, 5) is 28.9. The van der Waals surface area contributed by atoms with Crippen LogP contribution in [0.5, 0.6) is 5.75 Å². The van der Waals surface area contributed by atoms with Gasteiger partial charge in [0.25, 0.3) is 5.91 Å². The lowest BCUT2D eigenvalue weighted by Crippen LogP contribution is -2.35. The molecule has 0 aliphatic carbocycles. The van der Waals surface area contributed by atoms with E-state index in [1.807, 2.05) is 12.1 Å². The molecule has 0 saturated carbocycles. The van der Waals surface area contributed by atoms with E-state index in [1.54, 1.807) is 34.7 Å². The topological polar surface area (TPSA) is 84.1 Å². The molecule has 1 amide bonds. The lowest BCUT2D eigenvalue weighted by atomic mass is 10.1. The molecule has 2 aromatic heterocycles. The molecule has 1 aromatic carbocycles. The number of rotatable bonds is 2. The van der Waals surface area contributed by atoms with Crippen molar-refractivity contribution in [1.29, 1.82) is 0 Å². The summed E-state index contributed by atoms with van der Waals surface area (Å²) in [6.07, 6.45) is 3.28. The van der Waals surface area contributed by atoms with E-state index in [0.717, 1.165) is 5.56 Å². The molecule has 0 spiro atoms. The minimum Gasteiger partial charge on any atom is -0.482 e. The molecule has 7 nitrogen and oxygen atoms in total. The van der Waals surface area contributed by atoms with Crippen LogP contribution in [-0.4, -0.2) is 40.0 Å². The normalized spacial score (nSPS) is 13.7. The van der Waals surface area contributed by atoms with Crippen molar-refractivity contribution < 1.29 is 19.4 Å². The predicted molar refractivity (Wildman–Crippen MR) is 86.5 cm³/mol. The molecule has 1 aliphatic rings. The highest BCUT2D eigenvalue weighted by Gasteiger charge is 2.22. The number of carboxylic acid groups (broad SMARTS) is 1. The van der Waals surface area contributed by atoms with Gasteiger partial charge in [0.1, 0.15) is 11.4 Å². The number of anilines is 1. The molecule has 3 aromatic rings. The fourth-order valence-corrected chi connectivity index (χ4v) is 2.69. The Morgan fingerprint density at radius 3 is 2.88 bits per heavy atom. The minimum atomic E-state index is -0.988. The third-order valence-corrected chi connectivity index (χ3v) is 4.04. The average Bonchev–Trinajstić information content (AvgIpc) is 3.01. The van der Waals surface area contributed by atoms with E-state index in [2.05, 4.69) is 4.98 Å². The van der Waals surface area contributed by atoms with Crippen LogP contribution in [-0.2, 0) is 4.79 Å². The molecule has 3 heterocycles. The van der Waals surface area contributed by atoms with Crippen LogP contribution in [0.4, 0.5) is 5.69 Å². The summed E-state index contributed by atoms with van der Waals surface area (Å²) in [6.45, 7) is 0.0369. The number of hydrogen-bond donors (Lipinski definition) is 1. The number of amides is 1. The van der Waals surface area contributed by atoms with Crippen molar-refractivity contribution in [3.8, 4) is 17.0 Å². The Labute approximate surface area is 136 Å². The number of nitrogens with zero attached hydrogens (tertiary/aromatic N) is 3. The largest absolute Gasteiger partial charge is 0.482 e. The molecule has 0 saturated heterocycles. The van der Waals surface area contributed by atoms with E-state index in [-0.39, 0.29) is 18.1 Å². The van der Waals surface area contributed by atoms with E-state index in [0.29, 0.717) is 22.8 Å². The Balaban J connectivity index is 1.80. The monoisotopic (exact) mass is 323 g/mol. The van der Waals surface area contributed by atoms with E-state index in [4.69, 9.17) is 9.84 Å². The van der Waals surface area contributed by atoms with Gasteiger partial charge in [0.15, 0.2) is 6.61 Å². The molecule has 0 atom stereocenters. The number of benzene rings is 1. The molecule has 120 valence electrons. The molecule has 0 unspecified atom stereocenters. The zero-order chi connectivity index (χ0) is 16.8. The number of likely N-dealkylation sites (N-methyl/N-ethyl adjacent to an activating group) is 1. The molecule has 1 N–H and O–H groups in total. The van der Waals surface area contributed by atoms with Gasteiger partial charge in [0.2, 0.25) is 0 Å². The first-order valence-electron chi connectivity index (χ1n) is 7.29. The number of pyridine rings is 1. The summed E-state index contributed by atoms with van der Waals surface area (Å²) in [7, 11) is 1.70. The summed E-state index contributed by atoms with van der Waals surface area (Å²) in [5.74, 6) is -0.447. The van der Waals surface area contributed by atoms with Crippen LogP contribution < -0.4 is 9.64 Å². The number of imidazole rings is 1. The summed E-state index contributed by atoms with van der Waals surface area (Å²) >= 11 is 0. The molecular formula is C17H13N3O4. The summed E-state index contributed by atoms with van der Waals surface area (Å²) < 4.78 is 7.09. The van der Waals surface area contributed by atoms with Gasteiger partial charge < -0.3 is 19.1 Å². The maximum Gasteiger partial charge on any atom is 0.337 e. The van der Waals surface area contributed by atoms with Gasteiger partial charge in [0, 0.05) is 25.0 Å². The highest BCUT2D eigenvalue weighted by Crippen LogP contribution is 2.35. The van der Waals surface area contributed by atoms with Crippen LogP contribution >= 0.6 is 0 Å². The maximum absolute atomic E-state index is 11.8. The van der Waals surface area contributed by atoms with Gasteiger partial charge in [0.05, 0.1) is 16.9 Å². The van der Waals surface area contributed by atoms with E-state index < -0.39 is 5.97 Å². The van der Waals surface area contributed by atoms with Crippen LogP contribution in [0.15, 0.2) is 42.7 Å². The van der Waals surface area contributed by atoms with Crippen LogP contribution in [0, 0.1) is 0 Å². The van der Waals surface area contributed by atoms with Crippen molar-refractivity contribution in [2.75, 3.05) is 18.6 Å². The Hall–Kier alpha value is -3.35. The molecule has 4 rings (SSSR count). The third kappa shape index (κ3) is 2.18. The van der Waals surface area contributed by atoms with Crippen LogP contribution in [0.2, 0.25) is 0 Å². The number of carbonyl (C=O) groups excluding carboxylic acids is 1. The second-order valence-corrected chi connectivity index (χ2v) is 5.54. The number of aromatic carboxylic acids is 1. The number of hydrogen-bond acceptors (Lipinski definition) is 4. The zero-order valence-corrected chi connectivity index (χ0v) is 12.8. The van der Waals surface area contributed by atoms with Gasteiger partial charge in [-0.25, -0.2) is 9.78 Å². The van der Waals surface area contributed by atoms with Gasteiger partial charge in [-0.2, -0.15) is 0 Å². The molecular weight excluding hydrogens is 310 g/mol. The first-order valence-corrected chi connectivity index (χ1v) is 7.29. The van der Waals surface area contributed by atoms with Crippen molar-refractivity contribution in [2.24, 2.45) is 0 Å². The van der Waals surface area contributed by atoms with Crippen molar-refractivity contribution in [3.63, 3.8) is 0 Å². The quantitative estimate of drug-likeness (QED) is 0.780. The Kier molecular flexibility index (Phi) is 3.02. The second kappa shape index (κ2) is 5.09. The summed E-state index contributed by atoms with van der Waals surface area (Å²) in [5.41, 5.74) is 3.03. The lowest BCUT2D eigenvalue weighted by molar-refractivity contribution is -0.120. The number of fused-ring (bicyclic) bond motifs is 2. The predicted octanol–water partition coefficient (Wildman–Crippen LogP) is 2.05. The van der Waals surface area contributed by atoms with E-state index >= 15 is 0 Å². The van der Waals surface area contributed by atoms with E-state index in [9.17, 15) is 9.59 Å². The van der Waals surface area contributed by atoms with Gasteiger partial charge in [-0.1, -0.05) is 0 Å². The fraction of sp³-hybridized carbons (Fsp3) is 0.118. The zero-order valence-electron chi connectivity index (χ0n) is 12.8. The summed E-state index contributed by atoms with van der Waals surface area (Å²) in [5, 5.41) is 9.07. The summed E-state index contributed by atoms with van der Waals surface area (Å²) in [6, 6.07) is 8.68. The number of ether oxygens (including phenoxy) is 1. The first-order chi connectivity index (χ1) is 11.5. The van der Waals surface area contributed by atoms with Crippen LogP contribution in [0.1, 0.15) is 10.4 Å². The third-order valence-electron chi connectivity index (χ3n) is 4.04. The van der Waals surface area contributed by atoms with Gasteiger partial charge in [-0.15, -0.1) is 0 Å². The Bertz CT molecular complexity index is 993. The maximum atomic E-state index is 11.8. The number of carboxylic acids is 1. The smallest absolute Gasteiger partial charge is 0.337 e. The fourth-order valence-electron chi connectivity index (χ4n) is 2.69. The van der Waals surface area contributed by atoms with Crippen molar-refractivity contribution in [3.05, 3.63) is 48.3 Å². The lowest BCUT2D eigenvalue weighted by Gasteiger charge is -2.26. The van der Waals surface area contributed by atoms with Gasteiger partial charge in [-0.05, 0) is 30.3 Å². The number of carbonyl (C=O) groups is 2. The van der Waals surface area contributed by atoms with Crippen molar-refractivity contribution in [2.45, 2.75) is 0 Å². The van der Waals surface area contributed by atoms with Gasteiger partial charge in [-0.3, -0.25) is 4.79 Å². The SMILES string of the molecule is CN1C(=O)COc2ccc(-c3cn4cc(C(=O)O)ccc4n3)cc21. The van der Waals surface area contributed by atoms with Crippen molar-refractivity contribution >= 4 is 23.2 Å². The molecule has 0 bridgehead atoms. The molecule has 7 heteroatoms. The van der Waals surface area contributed by atoms with Crippen LogP contribution in [0.3, 0.4) is 0 Å². The van der Waals surface area contributed by atoms with E-state index in [1.165, 1.54) is 12.3 Å². The molecule has 0 fully saturated rings. The highest BCUT2D eigenvalue weighted by molar-refractivity contribution is 5.98. The molecule has 0 radical (unpaired) electrons. The second-order valence-electron chi connectivity index (χ2n) is 5.54. The van der Waals surface area contributed by atoms with Crippen molar-refractivity contribution in [1.82, 2.24) is 9.38 Å². The molecule has 1 aliphatic heterocycles. The highest BCUT2D eigenvalue weighted by atomic mass is 16.5. The minimum absolute atomic E-state index is 0.0369. The van der Waals surface area contributed by atoms with Crippen LogP contribution in [0.25, 0.3) is 16.9 Å². The molecule has 24 heavy (non-hydrogen) atoms. The number of aromatic nitrogens is 2. The standard InChI is InChI=1S/C17H13N3O4/c1-19-13-6-10(2-4-14(13)24-9-16(19)21)12-8-20-7-11(17(22)23)3-5-15(20)18-12/h2-8H,9H2,1H3,(H,22,23).